The smallest absolute Gasteiger partial charge is 0 e. The molecule has 0 nitrogen and oxygen atoms in total. The fourth-order valence-corrected chi connectivity index (χ4v) is 0.750. The third kappa shape index (κ3) is 1.83. The van der Waals surface area contributed by atoms with Gasteiger partial charge in [0.2, 0.25) is 0 Å². The van der Waals surface area contributed by atoms with Gasteiger partial charge >= 0.3 is 0 Å². The van der Waals surface area contributed by atoms with Crippen LogP contribution in [0.25, 0.3) is 0 Å². The monoisotopic (exact) mass is 152 g/mol. The molecule has 48 valence electrons. The van der Waals surface area contributed by atoms with Gasteiger partial charge in [0, 0.05) is 16.5 Å². The van der Waals surface area contributed by atoms with Crippen LogP contribution in [0.3, 0.4) is 0 Å². The average Bonchev–Trinajstić information content (AvgIpc) is 2.14. The van der Waals surface area contributed by atoms with Gasteiger partial charge < -0.3 is 0 Å². The Morgan fingerprint density at radius 1 is 1.25 bits per heavy atom. The first-order chi connectivity index (χ1) is 3.43. The summed E-state index contributed by atoms with van der Waals surface area (Å²) in [5, 5.41) is 0. The van der Waals surface area contributed by atoms with E-state index in [0.717, 1.165) is 5.92 Å². The molecule has 0 N–H and O–H groups in total. The summed E-state index contributed by atoms with van der Waals surface area (Å²) in [5.41, 5.74) is 0. The molecule has 0 aliphatic heterocycles. The summed E-state index contributed by atoms with van der Waals surface area (Å²) < 4.78 is 0. The molecular weight excluding hydrogens is 143 g/mol. The van der Waals surface area contributed by atoms with E-state index in [-0.39, 0.29) is 16.5 Å². The summed E-state index contributed by atoms with van der Waals surface area (Å²) in [4.78, 5) is 0. The predicted octanol–water partition coefficient (Wildman–Crippen LogP) is 2.14. The van der Waals surface area contributed by atoms with E-state index in [1.807, 2.05) is 0 Å². The third-order valence-corrected chi connectivity index (χ3v) is 1.30. The Bertz CT molecular complexity index is 91.0. The third-order valence-electron chi connectivity index (χ3n) is 1.30. The SMILES string of the molecule is CCC1C=CC=C1.[Ni]. The van der Waals surface area contributed by atoms with Crippen LogP contribution in [-0.4, -0.2) is 0 Å². The second-order valence-corrected chi connectivity index (χ2v) is 1.84. The molecule has 0 aromatic carbocycles. The van der Waals surface area contributed by atoms with Gasteiger partial charge in [-0.05, 0) is 12.3 Å². The van der Waals surface area contributed by atoms with Crippen molar-refractivity contribution in [1.82, 2.24) is 0 Å². The Hall–Kier alpha value is -0.0265. The Labute approximate surface area is 60.6 Å². The molecule has 0 radical (unpaired) electrons. The zero-order valence-electron chi connectivity index (χ0n) is 4.91. The number of hydrogen-bond acceptors (Lipinski definition) is 0. The van der Waals surface area contributed by atoms with E-state index in [9.17, 15) is 0 Å². The van der Waals surface area contributed by atoms with E-state index in [1.165, 1.54) is 6.42 Å². The van der Waals surface area contributed by atoms with Crippen molar-refractivity contribution in [3.63, 3.8) is 0 Å². The quantitative estimate of drug-likeness (QED) is 0.506. The Balaban J connectivity index is 0.000000490. The van der Waals surface area contributed by atoms with Crippen LogP contribution in [0.4, 0.5) is 0 Å². The van der Waals surface area contributed by atoms with Crippen LogP contribution < -0.4 is 0 Å². The molecule has 8 heavy (non-hydrogen) atoms. The summed E-state index contributed by atoms with van der Waals surface area (Å²) in [6.07, 6.45) is 9.90. The van der Waals surface area contributed by atoms with Gasteiger partial charge in [0.25, 0.3) is 0 Å². The molecule has 0 heterocycles. The molecule has 0 spiro atoms. The van der Waals surface area contributed by atoms with Gasteiger partial charge in [-0.25, -0.2) is 0 Å². The summed E-state index contributed by atoms with van der Waals surface area (Å²) in [6.45, 7) is 2.20. The van der Waals surface area contributed by atoms with Crippen LogP contribution in [0.1, 0.15) is 13.3 Å². The normalized spacial score (nSPS) is 16.6. The molecule has 0 aromatic rings. The van der Waals surface area contributed by atoms with Crippen molar-refractivity contribution in [1.29, 1.82) is 0 Å². The van der Waals surface area contributed by atoms with E-state index in [1.54, 1.807) is 0 Å². The van der Waals surface area contributed by atoms with Gasteiger partial charge in [-0.3, -0.25) is 0 Å². The van der Waals surface area contributed by atoms with E-state index in [2.05, 4.69) is 31.2 Å². The van der Waals surface area contributed by atoms with Gasteiger partial charge in [-0.2, -0.15) is 0 Å². The second kappa shape index (κ2) is 3.91. The van der Waals surface area contributed by atoms with Gasteiger partial charge in [0.1, 0.15) is 0 Å². The van der Waals surface area contributed by atoms with Crippen molar-refractivity contribution in [2.45, 2.75) is 13.3 Å². The molecule has 0 saturated heterocycles. The molecule has 0 fully saturated rings. The molecule has 0 aromatic heterocycles. The Kier molecular flexibility index (Phi) is 3.90. The Morgan fingerprint density at radius 2 is 1.75 bits per heavy atom. The molecule has 1 aliphatic carbocycles. The van der Waals surface area contributed by atoms with E-state index in [4.69, 9.17) is 0 Å². The summed E-state index contributed by atoms with van der Waals surface area (Å²) >= 11 is 0. The van der Waals surface area contributed by atoms with Gasteiger partial charge in [-0.15, -0.1) is 0 Å². The molecule has 0 saturated carbocycles. The van der Waals surface area contributed by atoms with Crippen molar-refractivity contribution in [3.8, 4) is 0 Å². The first-order valence-corrected chi connectivity index (χ1v) is 2.78. The van der Waals surface area contributed by atoms with Crippen LogP contribution in [0, 0.1) is 5.92 Å². The molecule has 0 unspecified atom stereocenters. The maximum Gasteiger partial charge on any atom is 0 e. The average molecular weight is 153 g/mol. The number of hydrogen-bond donors (Lipinski definition) is 0. The zero-order valence-corrected chi connectivity index (χ0v) is 5.90. The van der Waals surface area contributed by atoms with E-state index < -0.39 is 0 Å². The van der Waals surface area contributed by atoms with Crippen LogP contribution in [0.5, 0.6) is 0 Å². The summed E-state index contributed by atoms with van der Waals surface area (Å²) in [5.74, 6) is 0.736. The largest absolute Gasteiger partial charge is 0.0776 e. The minimum Gasteiger partial charge on any atom is -0.0776 e. The zero-order chi connectivity index (χ0) is 5.11. The molecular formula is C7H10Ni. The number of rotatable bonds is 1. The van der Waals surface area contributed by atoms with Crippen molar-refractivity contribution in [3.05, 3.63) is 24.3 Å². The van der Waals surface area contributed by atoms with Gasteiger partial charge in [0.15, 0.2) is 0 Å². The predicted molar refractivity (Wildman–Crippen MR) is 32.1 cm³/mol. The van der Waals surface area contributed by atoms with Crippen LogP contribution in [0.15, 0.2) is 24.3 Å². The molecule has 0 amide bonds. The van der Waals surface area contributed by atoms with Gasteiger partial charge in [0.05, 0.1) is 0 Å². The molecule has 0 bridgehead atoms. The molecule has 0 atom stereocenters. The van der Waals surface area contributed by atoms with Crippen molar-refractivity contribution < 1.29 is 16.5 Å². The van der Waals surface area contributed by atoms with Crippen LogP contribution in [-0.2, 0) is 16.5 Å². The molecule has 1 aliphatic rings. The van der Waals surface area contributed by atoms with Crippen molar-refractivity contribution in [2.75, 3.05) is 0 Å². The Morgan fingerprint density at radius 3 is 2.00 bits per heavy atom. The van der Waals surface area contributed by atoms with Crippen LogP contribution >= 0.6 is 0 Å². The maximum absolute atomic E-state index is 2.22. The van der Waals surface area contributed by atoms with Crippen LogP contribution in [0.2, 0.25) is 0 Å². The van der Waals surface area contributed by atoms with E-state index in [0.29, 0.717) is 0 Å². The van der Waals surface area contributed by atoms with Gasteiger partial charge in [-0.1, -0.05) is 31.2 Å². The first kappa shape index (κ1) is 7.97. The second-order valence-electron chi connectivity index (χ2n) is 1.84. The number of allylic oxidation sites excluding steroid dienone is 4. The fourth-order valence-electron chi connectivity index (χ4n) is 0.750. The van der Waals surface area contributed by atoms with E-state index >= 15 is 0 Å². The molecule has 1 rings (SSSR count). The minimum absolute atomic E-state index is 0. The summed E-state index contributed by atoms with van der Waals surface area (Å²) in [7, 11) is 0. The minimum atomic E-state index is 0. The standard InChI is InChI=1S/C7H10.Ni/c1-2-7-5-3-4-6-7;/h3-7H,2H2,1H3;. The fraction of sp³-hybridized carbons (Fsp3) is 0.429. The summed E-state index contributed by atoms with van der Waals surface area (Å²) in [6, 6.07) is 0. The maximum atomic E-state index is 2.22. The van der Waals surface area contributed by atoms with Crippen molar-refractivity contribution in [2.24, 2.45) is 5.92 Å². The molecule has 1 heteroatoms. The first-order valence-electron chi connectivity index (χ1n) is 2.78. The van der Waals surface area contributed by atoms with Crippen molar-refractivity contribution >= 4 is 0 Å². The topological polar surface area (TPSA) is 0 Å².